The van der Waals surface area contributed by atoms with E-state index in [0.29, 0.717) is 27.9 Å². The summed E-state index contributed by atoms with van der Waals surface area (Å²) in [6.07, 6.45) is -1.08. The van der Waals surface area contributed by atoms with Crippen LogP contribution in [0.3, 0.4) is 0 Å². The lowest BCUT2D eigenvalue weighted by atomic mass is 10.1. The van der Waals surface area contributed by atoms with Crippen molar-refractivity contribution in [1.82, 2.24) is 19.6 Å². The third-order valence-corrected chi connectivity index (χ3v) is 7.77. The zero-order valence-corrected chi connectivity index (χ0v) is 23.4. The first-order valence-electron chi connectivity index (χ1n) is 12.6. The van der Waals surface area contributed by atoms with Crippen molar-refractivity contribution in [2.45, 2.75) is 51.5 Å². The molecule has 0 saturated carbocycles. The molecule has 1 fully saturated rings. The number of benzene rings is 1. The van der Waals surface area contributed by atoms with Gasteiger partial charge in [-0.05, 0) is 64.0 Å². The highest BCUT2D eigenvalue weighted by Crippen LogP contribution is 2.33. The number of piperidine rings is 1. The number of nitrogens with two attached hydrogens (primary N) is 1. The van der Waals surface area contributed by atoms with Crippen LogP contribution in [-0.4, -0.2) is 55.9 Å². The van der Waals surface area contributed by atoms with Gasteiger partial charge in [-0.3, -0.25) is 0 Å². The summed E-state index contributed by atoms with van der Waals surface area (Å²) in [4.78, 5) is 18.9. The number of aromatic nitrogens is 3. The average Bonchev–Trinajstić information content (AvgIpc) is 3.64. The largest absolute Gasteiger partial charge is 0.477 e. The Morgan fingerprint density at radius 2 is 1.95 bits per heavy atom. The standard InChI is InChI=1S/C19H11ClF3N3O3S.C8H18N2/c20-16-5-4-15(30-16)14-7-12(25-29-14)9-26-13(18(27)28)8-24-17(26)10-2-1-3-11(6-10)19(21,22)23;1-7(2)10-5-3-8(9)4-6-10/h1-8H,9H2,(H,27,28);7-8H,3-6,9H2,1-2H3. The van der Waals surface area contributed by atoms with E-state index in [1.54, 1.807) is 18.2 Å². The molecule has 1 aliphatic heterocycles. The van der Waals surface area contributed by atoms with Crippen LogP contribution in [0.2, 0.25) is 4.34 Å². The maximum absolute atomic E-state index is 13.1. The molecule has 4 heterocycles. The highest BCUT2D eigenvalue weighted by atomic mass is 35.5. The number of carboxylic acids is 1. The van der Waals surface area contributed by atoms with Crippen LogP contribution in [0.25, 0.3) is 22.0 Å². The van der Waals surface area contributed by atoms with Crippen LogP contribution in [0, 0.1) is 0 Å². The molecule has 0 radical (unpaired) electrons. The number of halogens is 4. The van der Waals surface area contributed by atoms with Gasteiger partial charge in [0, 0.05) is 23.7 Å². The number of carboxylic acid groups (broad SMARTS) is 1. The van der Waals surface area contributed by atoms with Gasteiger partial charge in [-0.25, -0.2) is 9.78 Å². The van der Waals surface area contributed by atoms with Crippen LogP contribution in [0.4, 0.5) is 13.2 Å². The lowest BCUT2D eigenvalue weighted by Gasteiger charge is -2.32. The summed E-state index contributed by atoms with van der Waals surface area (Å²) in [6.45, 7) is 6.82. The molecule has 1 saturated heterocycles. The number of imidazole rings is 1. The van der Waals surface area contributed by atoms with E-state index in [4.69, 9.17) is 21.9 Å². The second kappa shape index (κ2) is 12.5. The van der Waals surface area contributed by atoms with Gasteiger partial charge in [-0.1, -0.05) is 28.9 Å². The average molecular weight is 596 g/mol. The van der Waals surface area contributed by atoms with E-state index < -0.39 is 17.7 Å². The number of alkyl halides is 3. The van der Waals surface area contributed by atoms with Crippen molar-refractivity contribution in [2.75, 3.05) is 13.1 Å². The molecule has 0 aliphatic carbocycles. The monoisotopic (exact) mass is 595 g/mol. The Morgan fingerprint density at radius 3 is 2.55 bits per heavy atom. The van der Waals surface area contributed by atoms with E-state index >= 15 is 0 Å². The molecule has 1 aliphatic rings. The Hall–Kier alpha value is -3.19. The number of likely N-dealkylation sites (tertiary alicyclic amines) is 1. The molecule has 3 aromatic heterocycles. The minimum atomic E-state index is -4.54. The molecule has 0 spiro atoms. The zero-order valence-electron chi connectivity index (χ0n) is 21.9. The van der Waals surface area contributed by atoms with Crippen LogP contribution in [0.1, 0.15) is 48.4 Å². The molecule has 0 atom stereocenters. The van der Waals surface area contributed by atoms with Crippen molar-refractivity contribution in [3.63, 3.8) is 0 Å². The molecule has 0 amide bonds. The normalized spacial score (nSPS) is 14.8. The van der Waals surface area contributed by atoms with Crippen molar-refractivity contribution in [3.8, 4) is 22.0 Å². The molecule has 214 valence electrons. The number of carbonyl (C=O) groups is 1. The topological polar surface area (TPSA) is 110 Å². The molecule has 8 nitrogen and oxygen atoms in total. The first-order valence-corrected chi connectivity index (χ1v) is 13.8. The molecular formula is C27H29ClF3N5O3S. The number of rotatable bonds is 6. The second-order valence-electron chi connectivity index (χ2n) is 9.69. The zero-order chi connectivity index (χ0) is 29.0. The number of hydrogen-bond acceptors (Lipinski definition) is 7. The summed E-state index contributed by atoms with van der Waals surface area (Å²) in [5.41, 5.74) is 5.23. The van der Waals surface area contributed by atoms with Crippen LogP contribution < -0.4 is 5.73 Å². The maximum Gasteiger partial charge on any atom is 0.416 e. The molecule has 1 aromatic carbocycles. The predicted octanol–water partition coefficient (Wildman–Crippen LogP) is 6.50. The maximum atomic E-state index is 13.1. The van der Waals surface area contributed by atoms with Gasteiger partial charge in [0.15, 0.2) is 5.76 Å². The third-order valence-electron chi connectivity index (χ3n) is 6.52. The number of nitrogens with zero attached hydrogens (tertiary/aromatic N) is 4. The number of aromatic carboxylic acids is 1. The summed E-state index contributed by atoms with van der Waals surface area (Å²) in [7, 11) is 0. The van der Waals surface area contributed by atoms with E-state index in [1.165, 1.54) is 54.0 Å². The van der Waals surface area contributed by atoms with E-state index in [-0.39, 0.29) is 23.6 Å². The molecule has 13 heteroatoms. The van der Waals surface area contributed by atoms with Gasteiger partial charge < -0.3 is 24.8 Å². The highest BCUT2D eigenvalue weighted by Gasteiger charge is 2.31. The summed E-state index contributed by atoms with van der Waals surface area (Å²) >= 11 is 7.21. The summed E-state index contributed by atoms with van der Waals surface area (Å²) in [5.74, 6) is -0.754. The smallest absolute Gasteiger partial charge is 0.416 e. The van der Waals surface area contributed by atoms with Crippen molar-refractivity contribution in [3.05, 3.63) is 69.9 Å². The molecule has 40 heavy (non-hydrogen) atoms. The summed E-state index contributed by atoms with van der Waals surface area (Å²) in [6, 6.07) is 10.8. The minimum absolute atomic E-state index is 0.0597. The second-order valence-corrected chi connectivity index (χ2v) is 11.4. The Balaban J connectivity index is 0.000000312. The van der Waals surface area contributed by atoms with Crippen molar-refractivity contribution in [2.24, 2.45) is 5.73 Å². The van der Waals surface area contributed by atoms with Gasteiger partial charge in [-0.15, -0.1) is 11.3 Å². The molecular weight excluding hydrogens is 567 g/mol. The van der Waals surface area contributed by atoms with Crippen LogP contribution in [0.5, 0.6) is 0 Å². The molecule has 5 rings (SSSR count). The van der Waals surface area contributed by atoms with Gasteiger partial charge in [0.2, 0.25) is 0 Å². The Bertz CT molecular complexity index is 1440. The van der Waals surface area contributed by atoms with E-state index in [1.807, 2.05) is 0 Å². The van der Waals surface area contributed by atoms with Crippen LogP contribution in [-0.2, 0) is 12.7 Å². The highest BCUT2D eigenvalue weighted by molar-refractivity contribution is 7.19. The van der Waals surface area contributed by atoms with E-state index in [0.717, 1.165) is 23.2 Å². The SMILES string of the molecule is CC(C)N1CCC(N)CC1.O=C(O)c1cnc(-c2cccc(C(F)(F)F)c2)n1Cc1cc(-c2ccc(Cl)s2)on1. The van der Waals surface area contributed by atoms with Gasteiger partial charge in [0.05, 0.1) is 27.5 Å². The van der Waals surface area contributed by atoms with Crippen molar-refractivity contribution in [1.29, 1.82) is 0 Å². The molecule has 0 unspecified atom stereocenters. The Morgan fingerprint density at radius 1 is 1.23 bits per heavy atom. The van der Waals surface area contributed by atoms with E-state index in [9.17, 15) is 23.1 Å². The van der Waals surface area contributed by atoms with Crippen molar-refractivity contribution < 1.29 is 27.6 Å². The van der Waals surface area contributed by atoms with Crippen molar-refractivity contribution >= 4 is 28.9 Å². The summed E-state index contributed by atoms with van der Waals surface area (Å²) in [5, 5.41) is 13.4. The quantitative estimate of drug-likeness (QED) is 0.262. The van der Waals surface area contributed by atoms with Gasteiger partial charge >= 0.3 is 12.1 Å². The lowest BCUT2D eigenvalue weighted by Crippen LogP contribution is -2.42. The van der Waals surface area contributed by atoms with Gasteiger partial charge in [-0.2, -0.15) is 13.2 Å². The first kappa shape index (κ1) is 29.8. The minimum Gasteiger partial charge on any atom is -0.477 e. The molecule has 0 bridgehead atoms. The van der Waals surface area contributed by atoms with Gasteiger partial charge in [0.25, 0.3) is 0 Å². The predicted molar refractivity (Wildman–Crippen MR) is 147 cm³/mol. The van der Waals surface area contributed by atoms with E-state index in [2.05, 4.69) is 28.9 Å². The molecule has 4 aromatic rings. The third kappa shape index (κ3) is 7.30. The summed E-state index contributed by atoms with van der Waals surface area (Å²) < 4.78 is 46.4. The fourth-order valence-electron chi connectivity index (χ4n) is 4.32. The fourth-order valence-corrected chi connectivity index (χ4v) is 5.31. The van der Waals surface area contributed by atoms with Crippen LogP contribution >= 0.6 is 22.9 Å². The molecule has 3 N–H and O–H groups in total. The number of thiophene rings is 1. The Kier molecular flexibility index (Phi) is 9.34. The fraction of sp³-hybridized carbons (Fsp3) is 0.370. The van der Waals surface area contributed by atoms with Crippen LogP contribution in [0.15, 0.2) is 53.2 Å². The Labute approximate surface area is 238 Å². The van der Waals surface area contributed by atoms with Gasteiger partial charge in [0.1, 0.15) is 17.2 Å². The lowest BCUT2D eigenvalue weighted by molar-refractivity contribution is -0.137. The first-order chi connectivity index (χ1) is 18.9. The number of hydrogen-bond donors (Lipinski definition) is 2.